The SMILES string of the molecule is CCCNCc1cnc(N(C)CCc2cccs2)nc1. The van der Waals surface area contributed by atoms with Gasteiger partial charge in [0.25, 0.3) is 0 Å². The molecule has 0 radical (unpaired) electrons. The molecule has 0 aliphatic rings. The van der Waals surface area contributed by atoms with Crippen LogP contribution in [-0.4, -0.2) is 30.1 Å². The Morgan fingerprint density at radius 3 is 2.75 bits per heavy atom. The van der Waals surface area contributed by atoms with Crippen molar-refractivity contribution < 1.29 is 0 Å². The Morgan fingerprint density at radius 1 is 1.30 bits per heavy atom. The van der Waals surface area contributed by atoms with Gasteiger partial charge in [-0.1, -0.05) is 13.0 Å². The van der Waals surface area contributed by atoms with E-state index in [9.17, 15) is 0 Å². The summed E-state index contributed by atoms with van der Waals surface area (Å²) in [7, 11) is 2.04. The molecule has 0 fully saturated rings. The van der Waals surface area contributed by atoms with E-state index in [2.05, 4.69) is 44.6 Å². The first-order chi connectivity index (χ1) is 9.79. The number of thiophene rings is 1. The van der Waals surface area contributed by atoms with Gasteiger partial charge in [-0.15, -0.1) is 11.3 Å². The minimum atomic E-state index is 0.792. The topological polar surface area (TPSA) is 41.1 Å². The highest BCUT2D eigenvalue weighted by atomic mass is 32.1. The summed E-state index contributed by atoms with van der Waals surface area (Å²) in [6.45, 7) is 4.97. The van der Waals surface area contributed by atoms with Crippen molar-refractivity contribution in [3.63, 3.8) is 0 Å². The van der Waals surface area contributed by atoms with Crippen LogP contribution in [0.2, 0.25) is 0 Å². The standard InChI is InChI=1S/C15H22N4S/c1-3-7-16-10-13-11-17-15(18-12-13)19(2)8-6-14-5-4-9-20-14/h4-5,9,11-12,16H,3,6-8,10H2,1-2H3. The summed E-state index contributed by atoms with van der Waals surface area (Å²) in [4.78, 5) is 12.4. The van der Waals surface area contributed by atoms with Gasteiger partial charge < -0.3 is 10.2 Å². The summed E-state index contributed by atoms with van der Waals surface area (Å²) >= 11 is 1.80. The fourth-order valence-electron chi connectivity index (χ4n) is 1.88. The highest BCUT2D eigenvalue weighted by Crippen LogP contribution is 2.11. The Labute approximate surface area is 124 Å². The summed E-state index contributed by atoms with van der Waals surface area (Å²) in [6.07, 6.45) is 6.00. The molecule has 1 N–H and O–H groups in total. The normalized spacial score (nSPS) is 10.7. The average molecular weight is 290 g/mol. The molecule has 0 bridgehead atoms. The van der Waals surface area contributed by atoms with Gasteiger partial charge in [0.2, 0.25) is 5.95 Å². The third-order valence-electron chi connectivity index (χ3n) is 3.06. The second-order valence-corrected chi connectivity index (χ2v) is 5.85. The largest absolute Gasteiger partial charge is 0.344 e. The molecule has 0 aliphatic carbocycles. The number of hydrogen-bond donors (Lipinski definition) is 1. The van der Waals surface area contributed by atoms with Crippen LogP contribution in [0.25, 0.3) is 0 Å². The van der Waals surface area contributed by atoms with Crippen molar-refractivity contribution in [1.82, 2.24) is 15.3 Å². The Balaban J connectivity index is 1.82. The van der Waals surface area contributed by atoms with Crippen LogP contribution >= 0.6 is 11.3 Å². The van der Waals surface area contributed by atoms with E-state index >= 15 is 0 Å². The molecule has 0 atom stereocenters. The van der Waals surface area contributed by atoms with Crippen molar-refractivity contribution in [2.75, 3.05) is 25.0 Å². The number of nitrogens with zero attached hydrogens (tertiary/aromatic N) is 3. The van der Waals surface area contributed by atoms with Crippen molar-refractivity contribution in [1.29, 1.82) is 0 Å². The predicted molar refractivity (Wildman–Crippen MR) is 85.3 cm³/mol. The molecular formula is C15H22N4S. The third-order valence-corrected chi connectivity index (χ3v) is 4.00. The first kappa shape index (κ1) is 14.9. The Hall–Kier alpha value is -1.46. The number of nitrogens with one attached hydrogen (secondary N) is 1. The van der Waals surface area contributed by atoms with Crippen LogP contribution in [0.15, 0.2) is 29.9 Å². The van der Waals surface area contributed by atoms with Gasteiger partial charge in [-0.05, 0) is 30.8 Å². The molecule has 108 valence electrons. The quantitative estimate of drug-likeness (QED) is 0.759. The fraction of sp³-hybridized carbons (Fsp3) is 0.467. The van der Waals surface area contributed by atoms with Gasteiger partial charge in [0.15, 0.2) is 0 Å². The van der Waals surface area contributed by atoms with E-state index in [0.29, 0.717) is 0 Å². The van der Waals surface area contributed by atoms with Crippen molar-refractivity contribution in [2.45, 2.75) is 26.3 Å². The summed E-state index contributed by atoms with van der Waals surface area (Å²) in [5.74, 6) is 0.792. The molecule has 0 aromatic carbocycles. The van der Waals surface area contributed by atoms with E-state index in [1.165, 1.54) is 4.88 Å². The molecule has 0 aliphatic heterocycles. The summed E-state index contributed by atoms with van der Waals surface area (Å²) in [5.41, 5.74) is 1.13. The highest BCUT2D eigenvalue weighted by Gasteiger charge is 2.05. The number of likely N-dealkylation sites (N-methyl/N-ethyl adjacent to an activating group) is 1. The van der Waals surface area contributed by atoms with Crippen LogP contribution in [0.1, 0.15) is 23.8 Å². The van der Waals surface area contributed by atoms with Gasteiger partial charge in [0.1, 0.15) is 0 Å². The lowest BCUT2D eigenvalue weighted by atomic mass is 10.3. The molecule has 2 heterocycles. The molecule has 0 saturated carbocycles. The van der Waals surface area contributed by atoms with E-state index in [1.807, 2.05) is 19.4 Å². The van der Waals surface area contributed by atoms with Gasteiger partial charge in [0.05, 0.1) is 0 Å². The van der Waals surface area contributed by atoms with Crippen molar-refractivity contribution in [3.8, 4) is 0 Å². The molecule has 0 amide bonds. The second kappa shape index (κ2) is 7.97. The summed E-state index contributed by atoms with van der Waals surface area (Å²) in [5, 5.41) is 5.47. The maximum Gasteiger partial charge on any atom is 0.225 e. The molecule has 0 spiro atoms. The maximum atomic E-state index is 4.44. The molecule has 5 heteroatoms. The van der Waals surface area contributed by atoms with Gasteiger partial charge in [-0.3, -0.25) is 0 Å². The van der Waals surface area contributed by atoms with Crippen molar-refractivity contribution in [3.05, 3.63) is 40.3 Å². The number of aromatic nitrogens is 2. The van der Waals surface area contributed by atoms with Gasteiger partial charge in [-0.25, -0.2) is 9.97 Å². The lowest BCUT2D eigenvalue weighted by molar-refractivity contribution is 0.671. The number of hydrogen-bond acceptors (Lipinski definition) is 5. The fourth-order valence-corrected chi connectivity index (χ4v) is 2.58. The minimum Gasteiger partial charge on any atom is -0.344 e. The van der Waals surface area contributed by atoms with Crippen molar-refractivity contribution >= 4 is 17.3 Å². The lowest BCUT2D eigenvalue weighted by Gasteiger charge is -2.16. The zero-order chi connectivity index (χ0) is 14.2. The van der Waals surface area contributed by atoms with Crippen LogP contribution in [-0.2, 0) is 13.0 Å². The first-order valence-corrected chi connectivity index (χ1v) is 7.92. The monoisotopic (exact) mass is 290 g/mol. The van der Waals surface area contributed by atoms with E-state index in [-0.39, 0.29) is 0 Å². The van der Waals surface area contributed by atoms with Gasteiger partial charge >= 0.3 is 0 Å². The summed E-state index contributed by atoms with van der Waals surface area (Å²) in [6, 6.07) is 4.26. The minimum absolute atomic E-state index is 0.792. The van der Waals surface area contributed by atoms with Crippen LogP contribution in [0.5, 0.6) is 0 Å². The zero-order valence-electron chi connectivity index (χ0n) is 12.2. The molecule has 2 aromatic rings. The van der Waals surface area contributed by atoms with Crippen molar-refractivity contribution in [2.24, 2.45) is 0 Å². The van der Waals surface area contributed by atoms with Gasteiger partial charge in [-0.2, -0.15) is 0 Å². The molecule has 0 unspecified atom stereocenters. The lowest BCUT2D eigenvalue weighted by Crippen LogP contribution is -2.22. The Bertz CT molecular complexity index is 481. The van der Waals surface area contributed by atoms with E-state index in [4.69, 9.17) is 0 Å². The van der Waals surface area contributed by atoms with Gasteiger partial charge in [0, 0.05) is 43.0 Å². The Kier molecular flexibility index (Phi) is 5.95. The molecular weight excluding hydrogens is 268 g/mol. The van der Waals surface area contributed by atoms with E-state index in [0.717, 1.165) is 44.0 Å². The molecule has 2 rings (SSSR count). The molecule has 20 heavy (non-hydrogen) atoms. The maximum absolute atomic E-state index is 4.44. The second-order valence-electron chi connectivity index (χ2n) is 4.82. The average Bonchev–Trinajstić information content (AvgIpc) is 2.99. The zero-order valence-corrected chi connectivity index (χ0v) is 13.0. The molecule has 0 saturated heterocycles. The highest BCUT2D eigenvalue weighted by molar-refractivity contribution is 7.09. The van der Waals surface area contributed by atoms with Crippen LogP contribution in [0, 0.1) is 0 Å². The van der Waals surface area contributed by atoms with E-state index < -0.39 is 0 Å². The summed E-state index contributed by atoms with van der Waals surface area (Å²) < 4.78 is 0. The number of rotatable bonds is 8. The Morgan fingerprint density at radius 2 is 2.10 bits per heavy atom. The van der Waals surface area contributed by atoms with Crippen LogP contribution in [0.3, 0.4) is 0 Å². The third kappa shape index (κ3) is 4.58. The molecule has 4 nitrogen and oxygen atoms in total. The van der Waals surface area contributed by atoms with E-state index in [1.54, 1.807) is 11.3 Å². The predicted octanol–water partition coefficient (Wildman–Crippen LogP) is 2.72. The van der Waals surface area contributed by atoms with Crippen LogP contribution < -0.4 is 10.2 Å². The first-order valence-electron chi connectivity index (χ1n) is 7.04. The van der Waals surface area contributed by atoms with Crippen LogP contribution in [0.4, 0.5) is 5.95 Å². The molecule has 2 aromatic heterocycles. The smallest absolute Gasteiger partial charge is 0.225 e. The number of anilines is 1.